The Kier molecular flexibility index (Phi) is 4.18. The van der Waals surface area contributed by atoms with Gasteiger partial charge in [0, 0.05) is 18.5 Å². The number of nitrogens with zero attached hydrogens (tertiary/aromatic N) is 4. The van der Waals surface area contributed by atoms with Crippen molar-refractivity contribution in [3.05, 3.63) is 41.7 Å². The molecule has 1 aliphatic carbocycles. The first-order valence-corrected chi connectivity index (χ1v) is 7.73. The molecule has 1 aromatic heterocycles. The number of benzene rings is 1. The van der Waals surface area contributed by atoms with E-state index in [0.717, 1.165) is 25.7 Å². The maximum Gasteiger partial charge on any atom is 0.220 e. The van der Waals surface area contributed by atoms with Gasteiger partial charge in [-0.2, -0.15) is 0 Å². The molecule has 6 heteroatoms. The average molecular weight is 299 g/mol. The molecule has 1 amide bonds. The molecule has 22 heavy (non-hydrogen) atoms. The molecule has 0 spiro atoms. The summed E-state index contributed by atoms with van der Waals surface area (Å²) in [5, 5.41) is 14.2. The van der Waals surface area contributed by atoms with Crippen molar-refractivity contribution in [1.29, 1.82) is 0 Å². The van der Waals surface area contributed by atoms with Crippen LogP contribution in [-0.2, 0) is 17.8 Å². The number of carbonyl (C=O) groups is 1. The Bertz CT molecular complexity index is 634. The van der Waals surface area contributed by atoms with Crippen LogP contribution < -0.4 is 5.32 Å². The Morgan fingerprint density at radius 2 is 2.27 bits per heavy atom. The second kappa shape index (κ2) is 6.25. The van der Waals surface area contributed by atoms with E-state index in [2.05, 4.69) is 52.0 Å². The summed E-state index contributed by atoms with van der Waals surface area (Å²) in [6.07, 6.45) is 5.89. The summed E-state index contributed by atoms with van der Waals surface area (Å²) in [7, 11) is 0. The molecule has 1 N–H and O–H groups in total. The van der Waals surface area contributed by atoms with E-state index in [0.29, 0.717) is 13.0 Å². The van der Waals surface area contributed by atoms with Crippen LogP contribution in [0.15, 0.2) is 30.6 Å². The van der Waals surface area contributed by atoms with Gasteiger partial charge in [-0.25, -0.2) is 4.68 Å². The van der Waals surface area contributed by atoms with Crippen molar-refractivity contribution in [3.8, 4) is 0 Å². The molecule has 2 aromatic rings. The van der Waals surface area contributed by atoms with E-state index in [1.165, 1.54) is 11.1 Å². The number of aryl methyl sites for hydroxylation is 2. The molecule has 0 unspecified atom stereocenters. The SMILES string of the molecule is Cc1cccc(CC2(NC(=O)CCCn3cnnn3)CC2)c1. The van der Waals surface area contributed by atoms with Crippen LogP contribution in [-0.4, -0.2) is 31.7 Å². The zero-order chi connectivity index (χ0) is 15.4. The highest BCUT2D eigenvalue weighted by atomic mass is 16.1. The highest BCUT2D eigenvalue weighted by Crippen LogP contribution is 2.38. The van der Waals surface area contributed by atoms with Crippen molar-refractivity contribution in [3.63, 3.8) is 0 Å². The number of nitrogens with one attached hydrogen (secondary N) is 1. The van der Waals surface area contributed by atoms with Gasteiger partial charge in [-0.3, -0.25) is 4.79 Å². The van der Waals surface area contributed by atoms with Crippen molar-refractivity contribution in [2.45, 2.75) is 51.1 Å². The molecule has 1 heterocycles. The van der Waals surface area contributed by atoms with Crippen molar-refractivity contribution in [2.24, 2.45) is 0 Å². The Balaban J connectivity index is 1.46. The lowest BCUT2D eigenvalue weighted by atomic mass is 10.0. The van der Waals surface area contributed by atoms with Gasteiger partial charge < -0.3 is 5.32 Å². The Morgan fingerprint density at radius 3 is 2.95 bits per heavy atom. The van der Waals surface area contributed by atoms with Crippen LogP contribution >= 0.6 is 0 Å². The van der Waals surface area contributed by atoms with Gasteiger partial charge in [0.25, 0.3) is 0 Å². The molecule has 0 aliphatic heterocycles. The third-order valence-corrected chi connectivity index (χ3v) is 4.07. The van der Waals surface area contributed by atoms with E-state index in [1.807, 2.05) is 0 Å². The van der Waals surface area contributed by atoms with Crippen molar-refractivity contribution >= 4 is 5.91 Å². The van der Waals surface area contributed by atoms with Crippen LogP contribution in [0.25, 0.3) is 0 Å². The number of tetrazole rings is 1. The zero-order valence-electron chi connectivity index (χ0n) is 12.8. The first-order valence-electron chi connectivity index (χ1n) is 7.73. The summed E-state index contributed by atoms with van der Waals surface area (Å²) in [5.41, 5.74) is 2.55. The standard InChI is InChI=1S/C16H21N5O/c1-13-4-2-5-14(10-13)11-16(7-8-16)18-15(22)6-3-9-21-12-17-19-20-21/h2,4-5,10,12H,3,6-9,11H2,1H3,(H,18,22). The first-order chi connectivity index (χ1) is 10.7. The largest absolute Gasteiger partial charge is 0.350 e. The summed E-state index contributed by atoms with van der Waals surface area (Å²) in [6, 6.07) is 8.51. The maximum atomic E-state index is 12.1. The summed E-state index contributed by atoms with van der Waals surface area (Å²) < 4.78 is 1.65. The third-order valence-electron chi connectivity index (χ3n) is 4.07. The number of aromatic nitrogens is 4. The predicted octanol–water partition coefficient (Wildman–Crippen LogP) is 1.65. The van der Waals surface area contributed by atoms with Crippen LogP contribution in [0, 0.1) is 6.92 Å². The number of amides is 1. The smallest absolute Gasteiger partial charge is 0.220 e. The summed E-state index contributed by atoms with van der Waals surface area (Å²) in [5.74, 6) is 0.123. The monoisotopic (exact) mass is 299 g/mol. The molecule has 1 saturated carbocycles. The minimum Gasteiger partial charge on any atom is -0.350 e. The lowest BCUT2D eigenvalue weighted by Crippen LogP contribution is -2.38. The minimum absolute atomic E-state index is 0.0142. The van der Waals surface area contributed by atoms with Crippen LogP contribution in [0.4, 0.5) is 0 Å². The van der Waals surface area contributed by atoms with E-state index in [1.54, 1.807) is 11.0 Å². The Morgan fingerprint density at radius 1 is 1.41 bits per heavy atom. The fourth-order valence-corrected chi connectivity index (χ4v) is 2.75. The fourth-order valence-electron chi connectivity index (χ4n) is 2.75. The number of carbonyl (C=O) groups excluding carboxylic acids is 1. The van der Waals surface area contributed by atoms with Crippen LogP contribution in [0.2, 0.25) is 0 Å². The van der Waals surface area contributed by atoms with Crippen molar-refractivity contribution < 1.29 is 4.79 Å². The number of hydrogen-bond acceptors (Lipinski definition) is 4. The van der Waals surface area contributed by atoms with E-state index in [9.17, 15) is 4.79 Å². The van der Waals surface area contributed by atoms with Crippen LogP contribution in [0.3, 0.4) is 0 Å². The van der Waals surface area contributed by atoms with E-state index in [-0.39, 0.29) is 11.4 Å². The molecule has 1 aromatic carbocycles. The number of rotatable bonds is 7. The quantitative estimate of drug-likeness (QED) is 0.844. The van der Waals surface area contributed by atoms with Gasteiger partial charge in [0.05, 0.1) is 0 Å². The molecule has 116 valence electrons. The molecule has 0 saturated heterocycles. The van der Waals surface area contributed by atoms with E-state index >= 15 is 0 Å². The second-order valence-electron chi connectivity index (χ2n) is 6.17. The first kappa shape index (κ1) is 14.7. The van der Waals surface area contributed by atoms with Gasteiger partial charge in [0.1, 0.15) is 6.33 Å². The number of hydrogen-bond donors (Lipinski definition) is 1. The topological polar surface area (TPSA) is 72.7 Å². The predicted molar refractivity (Wildman–Crippen MR) is 82.0 cm³/mol. The average Bonchev–Trinajstić information content (AvgIpc) is 3.00. The highest BCUT2D eigenvalue weighted by molar-refractivity contribution is 5.77. The lowest BCUT2D eigenvalue weighted by Gasteiger charge is -2.18. The van der Waals surface area contributed by atoms with Gasteiger partial charge in [-0.05, 0) is 48.6 Å². The molecule has 1 fully saturated rings. The molecular formula is C16H21N5O. The van der Waals surface area contributed by atoms with E-state index in [4.69, 9.17) is 0 Å². The summed E-state index contributed by atoms with van der Waals surface area (Å²) in [4.78, 5) is 12.1. The molecule has 0 bridgehead atoms. The molecule has 0 atom stereocenters. The third kappa shape index (κ3) is 3.90. The van der Waals surface area contributed by atoms with E-state index < -0.39 is 0 Å². The van der Waals surface area contributed by atoms with Gasteiger partial charge in [-0.15, -0.1) is 5.10 Å². The van der Waals surface area contributed by atoms with Crippen LogP contribution in [0.5, 0.6) is 0 Å². The lowest BCUT2D eigenvalue weighted by molar-refractivity contribution is -0.122. The van der Waals surface area contributed by atoms with Gasteiger partial charge in [0.15, 0.2) is 0 Å². The molecule has 1 aliphatic rings. The highest BCUT2D eigenvalue weighted by Gasteiger charge is 2.43. The Hall–Kier alpha value is -2.24. The molecular weight excluding hydrogens is 278 g/mol. The van der Waals surface area contributed by atoms with Gasteiger partial charge in [-0.1, -0.05) is 29.8 Å². The summed E-state index contributed by atoms with van der Waals surface area (Å²) >= 11 is 0. The Labute approximate surface area is 129 Å². The second-order valence-corrected chi connectivity index (χ2v) is 6.17. The van der Waals surface area contributed by atoms with Crippen molar-refractivity contribution in [2.75, 3.05) is 0 Å². The van der Waals surface area contributed by atoms with Gasteiger partial charge >= 0.3 is 0 Å². The minimum atomic E-state index is -0.0142. The molecule has 0 radical (unpaired) electrons. The maximum absolute atomic E-state index is 12.1. The summed E-state index contributed by atoms with van der Waals surface area (Å²) in [6.45, 7) is 2.77. The molecule has 3 rings (SSSR count). The van der Waals surface area contributed by atoms with Crippen LogP contribution in [0.1, 0.15) is 36.8 Å². The molecule has 6 nitrogen and oxygen atoms in total. The zero-order valence-corrected chi connectivity index (χ0v) is 12.8. The van der Waals surface area contributed by atoms with Gasteiger partial charge in [0.2, 0.25) is 5.91 Å². The fraction of sp³-hybridized carbons (Fsp3) is 0.500. The normalized spacial score (nSPS) is 15.5. The van der Waals surface area contributed by atoms with Crippen molar-refractivity contribution in [1.82, 2.24) is 25.5 Å².